The summed E-state index contributed by atoms with van der Waals surface area (Å²) in [4.78, 5) is 47.3. The molecule has 7 nitrogen and oxygen atoms in total. The summed E-state index contributed by atoms with van der Waals surface area (Å²) in [6, 6.07) is 6.50. The van der Waals surface area contributed by atoms with Gasteiger partial charge in [0, 0.05) is 11.4 Å². The van der Waals surface area contributed by atoms with Gasteiger partial charge in [-0.05, 0) is 38.3 Å². The van der Waals surface area contributed by atoms with Crippen LogP contribution in [0.2, 0.25) is 0 Å². The van der Waals surface area contributed by atoms with Gasteiger partial charge in [0.2, 0.25) is 11.8 Å². The van der Waals surface area contributed by atoms with E-state index >= 15 is 0 Å². The minimum atomic E-state index is -0.499. The van der Waals surface area contributed by atoms with Crippen LogP contribution in [-0.2, 0) is 16.0 Å². The SMILES string of the molecule is CCc1nc(NC(=O)CN2C(=O)[C@@H]3CCCN3C(=O)c3ccccc32)sc1C. The van der Waals surface area contributed by atoms with Gasteiger partial charge < -0.3 is 15.1 Å². The number of benzene rings is 1. The number of thiazole rings is 1. The van der Waals surface area contributed by atoms with Crippen LogP contribution in [0.3, 0.4) is 0 Å². The summed E-state index contributed by atoms with van der Waals surface area (Å²) in [6.45, 7) is 4.42. The maximum absolute atomic E-state index is 13.2. The molecule has 3 amide bonds. The molecule has 1 fully saturated rings. The molecule has 0 spiro atoms. The molecule has 146 valence electrons. The van der Waals surface area contributed by atoms with E-state index in [2.05, 4.69) is 10.3 Å². The molecule has 0 saturated carbocycles. The molecular formula is C20H22N4O3S. The van der Waals surface area contributed by atoms with Gasteiger partial charge in [0.25, 0.3) is 5.91 Å². The minimum Gasteiger partial charge on any atom is -0.327 e. The van der Waals surface area contributed by atoms with Crippen molar-refractivity contribution in [2.45, 2.75) is 39.2 Å². The van der Waals surface area contributed by atoms with Gasteiger partial charge in [-0.25, -0.2) is 4.98 Å². The molecule has 4 rings (SSSR count). The highest BCUT2D eigenvalue weighted by atomic mass is 32.1. The molecule has 0 aliphatic carbocycles. The zero-order valence-corrected chi connectivity index (χ0v) is 16.7. The first kappa shape index (κ1) is 18.6. The summed E-state index contributed by atoms with van der Waals surface area (Å²) in [5, 5.41) is 3.34. The van der Waals surface area contributed by atoms with Crippen LogP contribution in [-0.4, -0.2) is 46.7 Å². The molecule has 0 bridgehead atoms. The molecular weight excluding hydrogens is 376 g/mol. The van der Waals surface area contributed by atoms with Crippen molar-refractivity contribution in [1.82, 2.24) is 9.88 Å². The summed E-state index contributed by atoms with van der Waals surface area (Å²) < 4.78 is 0. The number of nitrogens with one attached hydrogen (secondary N) is 1. The Hall–Kier alpha value is -2.74. The lowest BCUT2D eigenvalue weighted by atomic mass is 10.1. The first-order valence-electron chi connectivity index (χ1n) is 9.47. The van der Waals surface area contributed by atoms with E-state index in [9.17, 15) is 14.4 Å². The molecule has 2 aliphatic rings. The molecule has 0 unspecified atom stereocenters. The van der Waals surface area contributed by atoms with Gasteiger partial charge in [-0.2, -0.15) is 0 Å². The molecule has 1 aromatic carbocycles. The highest BCUT2D eigenvalue weighted by Gasteiger charge is 2.42. The maximum Gasteiger partial charge on any atom is 0.256 e. The second kappa shape index (κ2) is 7.35. The zero-order chi connectivity index (χ0) is 19.8. The van der Waals surface area contributed by atoms with Crippen molar-refractivity contribution in [2.24, 2.45) is 0 Å². The number of fused-ring (bicyclic) bond motifs is 2. The molecule has 1 saturated heterocycles. The minimum absolute atomic E-state index is 0.141. The van der Waals surface area contributed by atoms with Gasteiger partial charge in [0.05, 0.1) is 16.9 Å². The van der Waals surface area contributed by atoms with E-state index in [0.29, 0.717) is 29.3 Å². The average molecular weight is 398 g/mol. The van der Waals surface area contributed by atoms with Crippen molar-refractivity contribution in [2.75, 3.05) is 23.3 Å². The van der Waals surface area contributed by atoms with Crippen LogP contribution in [0, 0.1) is 6.92 Å². The number of carbonyl (C=O) groups is 3. The van der Waals surface area contributed by atoms with Crippen molar-refractivity contribution in [1.29, 1.82) is 0 Å². The Kier molecular flexibility index (Phi) is 4.89. The molecule has 2 aromatic rings. The van der Waals surface area contributed by atoms with Crippen LogP contribution in [0.25, 0.3) is 0 Å². The summed E-state index contributed by atoms with van der Waals surface area (Å²) in [7, 11) is 0. The van der Waals surface area contributed by atoms with Crippen molar-refractivity contribution in [3.8, 4) is 0 Å². The van der Waals surface area contributed by atoms with Crippen LogP contribution in [0.1, 0.15) is 40.7 Å². The number of amides is 3. The van der Waals surface area contributed by atoms with Gasteiger partial charge in [-0.3, -0.25) is 14.4 Å². The normalized spacial score (nSPS) is 18.7. The zero-order valence-electron chi connectivity index (χ0n) is 15.9. The lowest BCUT2D eigenvalue weighted by Gasteiger charge is -2.25. The van der Waals surface area contributed by atoms with E-state index in [1.165, 1.54) is 16.2 Å². The third-order valence-corrected chi connectivity index (χ3v) is 6.19. The number of nitrogens with zero attached hydrogens (tertiary/aromatic N) is 3. The standard InChI is InChI=1S/C20H22N4O3S/c1-3-14-12(2)28-20(21-14)22-17(25)11-24-15-8-5-4-7-13(15)18(26)23-10-6-9-16(23)19(24)27/h4-5,7-8,16H,3,6,9-11H2,1-2H3,(H,21,22,25)/t16-/m0/s1. The predicted molar refractivity (Wildman–Crippen MR) is 108 cm³/mol. The van der Waals surface area contributed by atoms with Crippen LogP contribution >= 0.6 is 11.3 Å². The quantitative estimate of drug-likeness (QED) is 0.858. The Balaban J connectivity index is 1.61. The number of hydrogen-bond donors (Lipinski definition) is 1. The van der Waals surface area contributed by atoms with Gasteiger partial charge in [0.1, 0.15) is 12.6 Å². The van der Waals surface area contributed by atoms with Gasteiger partial charge >= 0.3 is 0 Å². The lowest BCUT2D eigenvalue weighted by Crippen LogP contribution is -2.47. The van der Waals surface area contributed by atoms with Crippen molar-refractivity contribution < 1.29 is 14.4 Å². The van der Waals surface area contributed by atoms with Crippen molar-refractivity contribution >= 4 is 39.9 Å². The van der Waals surface area contributed by atoms with E-state index in [1.807, 2.05) is 13.8 Å². The molecule has 8 heteroatoms. The van der Waals surface area contributed by atoms with Crippen molar-refractivity contribution in [3.63, 3.8) is 0 Å². The Bertz CT molecular complexity index is 955. The Morgan fingerprint density at radius 1 is 1.32 bits per heavy atom. The number of para-hydroxylation sites is 1. The highest BCUT2D eigenvalue weighted by Crippen LogP contribution is 2.32. The second-order valence-corrected chi connectivity index (χ2v) is 8.22. The maximum atomic E-state index is 13.2. The molecule has 1 aromatic heterocycles. The highest BCUT2D eigenvalue weighted by molar-refractivity contribution is 7.15. The summed E-state index contributed by atoms with van der Waals surface area (Å²) in [5.41, 5.74) is 1.92. The summed E-state index contributed by atoms with van der Waals surface area (Å²) in [5.74, 6) is -0.661. The fourth-order valence-electron chi connectivity index (χ4n) is 3.88. The largest absolute Gasteiger partial charge is 0.327 e. The Morgan fingerprint density at radius 3 is 2.86 bits per heavy atom. The van der Waals surface area contributed by atoms with Gasteiger partial charge in [-0.1, -0.05) is 19.1 Å². The number of carbonyl (C=O) groups excluding carboxylic acids is 3. The second-order valence-electron chi connectivity index (χ2n) is 7.02. The fraction of sp³-hybridized carbons (Fsp3) is 0.400. The van der Waals surface area contributed by atoms with E-state index in [0.717, 1.165) is 23.4 Å². The molecule has 3 heterocycles. The van der Waals surface area contributed by atoms with E-state index < -0.39 is 6.04 Å². The fourth-order valence-corrected chi connectivity index (χ4v) is 4.80. The van der Waals surface area contributed by atoms with Crippen LogP contribution < -0.4 is 10.2 Å². The monoisotopic (exact) mass is 398 g/mol. The molecule has 1 atom stereocenters. The lowest BCUT2D eigenvalue weighted by molar-refractivity contribution is -0.124. The summed E-state index contributed by atoms with van der Waals surface area (Å²) >= 11 is 1.43. The van der Waals surface area contributed by atoms with Crippen LogP contribution in [0.15, 0.2) is 24.3 Å². The average Bonchev–Trinajstić information content (AvgIpc) is 3.29. The molecule has 0 radical (unpaired) electrons. The molecule has 2 aliphatic heterocycles. The number of anilines is 2. The van der Waals surface area contributed by atoms with E-state index in [1.54, 1.807) is 29.2 Å². The van der Waals surface area contributed by atoms with Crippen LogP contribution in [0.5, 0.6) is 0 Å². The topological polar surface area (TPSA) is 82.6 Å². The number of hydrogen-bond acceptors (Lipinski definition) is 5. The predicted octanol–water partition coefficient (Wildman–Crippen LogP) is 2.60. The number of rotatable bonds is 4. The van der Waals surface area contributed by atoms with E-state index in [-0.39, 0.29) is 24.3 Å². The third-order valence-electron chi connectivity index (χ3n) is 5.27. The van der Waals surface area contributed by atoms with Gasteiger partial charge in [-0.15, -0.1) is 11.3 Å². The third kappa shape index (κ3) is 3.17. The molecule has 28 heavy (non-hydrogen) atoms. The van der Waals surface area contributed by atoms with Crippen molar-refractivity contribution in [3.05, 3.63) is 40.4 Å². The van der Waals surface area contributed by atoms with E-state index in [4.69, 9.17) is 0 Å². The number of aromatic nitrogens is 1. The Morgan fingerprint density at radius 2 is 2.11 bits per heavy atom. The smallest absolute Gasteiger partial charge is 0.256 e. The molecule has 1 N–H and O–H groups in total. The first-order chi connectivity index (χ1) is 13.5. The van der Waals surface area contributed by atoms with Crippen LogP contribution in [0.4, 0.5) is 10.8 Å². The Labute approximate surface area is 167 Å². The first-order valence-corrected chi connectivity index (χ1v) is 10.3. The van der Waals surface area contributed by atoms with Gasteiger partial charge in [0.15, 0.2) is 5.13 Å². The summed E-state index contributed by atoms with van der Waals surface area (Å²) in [6.07, 6.45) is 2.22. The number of aryl methyl sites for hydroxylation is 2.